The molecule has 0 aromatic heterocycles. The van der Waals surface area contributed by atoms with Gasteiger partial charge in [-0.05, 0) is 61.7 Å². The Hall–Kier alpha value is -6.16. The molecule has 3 aromatic rings. The number of esters is 4. The first-order valence-corrected chi connectivity index (χ1v) is 25.3. The summed E-state index contributed by atoms with van der Waals surface area (Å²) >= 11 is 0. The van der Waals surface area contributed by atoms with Gasteiger partial charge in [-0.15, -0.1) is 4.52 Å². The molecule has 4 N–H and O–H groups in total. The summed E-state index contributed by atoms with van der Waals surface area (Å²) in [5.41, 5.74) is -7.94. The molecule has 0 unspecified atom stereocenters. The number of fused-ring (bicyclic) bond motifs is 5. The van der Waals surface area contributed by atoms with E-state index in [1.807, 2.05) is 0 Å². The van der Waals surface area contributed by atoms with Gasteiger partial charge in [0.2, 0.25) is 6.10 Å². The van der Waals surface area contributed by atoms with Crippen LogP contribution in [0.2, 0.25) is 0 Å². The van der Waals surface area contributed by atoms with Gasteiger partial charge < -0.3 is 48.3 Å². The zero-order valence-corrected chi connectivity index (χ0v) is 42.9. The molecular formula is C52H61NO20P+. The van der Waals surface area contributed by atoms with Crippen molar-refractivity contribution in [2.24, 2.45) is 16.7 Å². The van der Waals surface area contributed by atoms with Crippen LogP contribution < -0.4 is 5.32 Å². The first-order valence-electron chi connectivity index (χ1n) is 23.8. The Labute approximate surface area is 427 Å². The Bertz CT molecular complexity index is 2630. The van der Waals surface area contributed by atoms with Crippen LogP contribution >= 0.6 is 8.17 Å². The van der Waals surface area contributed by atoms with E-state index in [0.717, 1.165) is 21.0 Å². The van der Waals surface area contributed by atoms with Crippen molar-refractivity contribution in [3.8, 4) is 0 Å². The summed E-state index contributed by atoms with van der Waals surface area (Å²) in [6, 6.07) is 22.3. The third-order valence-corrected chi connectivity index (χ3v) is 15.6. The van der Waals surface area contributed by atoms with Crippen LogP contribution in [0.25, 0.3) is 0 Å². The summed E-state index contributed by atoms with van der Waals surface area (Å²) in [5, 5.41) is 16.9. The molecule has 2 saturated carbocycles. The fourth-order valence-corrected chi connectivity index (χ4v) is 11.3. The first-order chi connectivity index (χ1) is 34.9. The van der Waals surface area contributed by atoms with Crippen LogP contribution in [-0.2, 0) is 66.1 Å². The normalized spacial score (nSPS) is 28.7. The second-order valence-electron chi connectivity index (χ2n) is 19.2. The molecule has 0 radical (unpaired) electrons. The number of carbonyl (C=O) groups is 7. The predicted molar refractivity (Wildman–Crippen MR) is 257 cm³/mol. The highest BCUT2D eigenvalue weighted by atomic mass is 31.2. The fourth-order valence-electron chi connectivity index (χ4n) is 11.0. The predicted octanol–water partition coefficient (Wildman–Crippen LogP) is 5.22. The topological polar surface area (TPSA) is 285 Å². The molecule has 22 heteroatoms. The van der Waals surface area contributed by atoms with Crippen molar-refractivity contribution in [3.63, 3.8) is 0 Å². The summed E-state index contributed by atoms with van der Waals surface area (Å²) in [5.74, 6) is -7.38. The number of amides is 1. The number of carbonyl (C=O) groups excluding carboxylic acids is 7. The maximum absolute atomic E-state index is 16.2. The number of hydrogen-bond donors (Lipinski definition) is 4. The van der Waals surface area contributed by atoms with Gasteiger partial charge in [0, 0.05) is 37.7 Å². The zero-order valence-electron chi connectivity index (χ0n) is 42.0. The second kappa shape index (κ2) is 22.0. The van der Waals surface area contributed by atoms with Gasteiger partial charge in [-0.25, -0.2) is 14.4 Å². The standard InChI is InChI=1S/C52H60NO20P/c1-9-65-48(60)71-41(39(32-19-13-10-14-20-32)53-45(57)33-21-15-11-16-22-33)47(59)70-35-26-52(61)44(72-46(58)34-23-17-12-18-24-34)42-50(7,43(56)40(69-30(3)54)38(29(35)2)49(52,5)6)36(67-28-68-74(62,63)64-8)25-37-51(42,27-66-37)73-31(4)55/h10-24,35-37,39-42,44,61-63H,9,25-28H2,1-8H3/p+1/t35-,36-,37+,39-,40+,41+,42-,44-,50+,51-,52+/m0/s1. The van der Waals surface area contributed by atoms with E-state index in [1.165, 1.54) is 58.9 Å². The quantitative estimate of drug-likeness (QED) is 0.0443. The van der Waals surface area contributed by atoms with Gasteiger partial charge in [0.25, 0.3) is 5.91 Å². The van der Waals surface area contributed by atoms with Crippen molar-refractivity contribution in [3.05, 3.63) is 119 Å². The number of hydrogen-bond acceptors (Lipinski definition) is 20. The van der Waals surface area contributed by atoms with E-state index in [-0.39, 0.29) is 35.3 Å². The molecule has 3 aromatic carbocycles. The van der Waals surface area contributed by atoms with Crippen molar-refractivity contribution >= 4 is 49.9 Å². The summed E-state index contributed by atoms with van der Waals surface area (Å²) in [6.45, 7) is 8.10. The molecule has 7 rings (SSSR count). The molecule has 1 heterocycles. The molecule has 1 amide bonds. The first kappa shape index (κ1) is 55.6. The Balaban J connectivity index is 1.45. The Morgan fingerprint density at radius 3 is 2.01 bits per heavy atom. The zero-order chi connectivity index (χ0) is 54.0. The van der Waals surface area contributed by atoms with Crippen LogP contribution in [0, 0.1) is 16.7 Å². The van der Waals surface area contributed by atoms with E-state index in [2.05, 4.69) is 9.84 Å². The maximum Gasteiger partial charge on any atom is 0.572 e. The Morgan fingerprint density at radius 1 is 0.851 bits per heavy atom. The minimum Gasteiger partial charge on any atom is -0.455 e. The van der Waals surface area contributed by atoms with Crippen LogP contribution in [0.5, 0.6) is 0 Å². The van der Waals surface area contributed by atoms with Crippen LogP contribution in [0.1, 0.15) is 93.6 Å². The van der Waals surface area contributed by atoms with E-state index < -0.39 is 140 Å². The number of rotatable bonds is 17. The van der Waals surface area contributed by atoms with Gasteiger partial charge in [-0.3, -0.25) is 19.2 Å². The van der Waals surface area contributed by atoms with Gasteiger partial charge >= 0.3 is 38.2 Å². The third-order valence-electron chi connectivity index (χ3n) is 14.6. The van der Waals surface area contributed by atoms with Crippen LogP contribution in [0.3, 0.4) is 0 Å². The van der Waals surface area contributed by atoms with Crippen LogP contribution in [-0.4, -0.2) is 132 Å². The number of ether oxygens (including phenoxy) is 8. The molecule has 21 nitrogen and oxygen atoms in total. The van der Waals surface area contributed by atoms with E-state index in [0.29, 0.717) is 5.56 Å². The van der Waals surface area contributed by atoms with Crippen LogP contribution in [0.4, 0.5) is 4.79 Å². The average Bonchev–Trinajstić information content (AvgIpc) is 3.35. The van der Waals surface area contributed by atoms with Crippen molar-refractivity contribution < 1.29 is 95.4 Å². The van der Waals surface area contributed by atoms with Crippen molar-refractivity contribution in [2.75, 3.05) is 27.1 Å². The number of Topliss-reactive ketones (excluding diaryl/α,β-unsaturated/α-hetero) is 1. The second-order valence-corrected chi connectivity index (χ2v) is 20.8. The maximum atomic E-state index is 16.2. The molecule has 74 heavy (non-hydrogen) atoms. The van der Waals surface area contributed by atoms with E-state index >= 15 is 9.59 Å². The highest BCUT2D eigenvalue weighted by molar-refractivity contribution is 7.54. The van der Waals surface area contributed by atoms with Gasteiger partial charge in [0.15, 0.2) is 24.3 Å². The number of ketones is 1. The summed E-state index contributed by atoms with van der Waals surface area (Å²) in [4.78, 5) is 120. The summed E-state index contributed by atoms with van der Waals surface area (Å²) < 4.78 is 57.9. The van der Waals surface area contributed by atoms with Gasteiger partial charge in [0.1, 0.15) is 30.0 Å². The lowest BCUT2D eigenvalue weighted by molar-refractivity contribution is -0.351. The van der Waals surface area contributed by atoms with E-state index in [1.54, 1.807) is 66.7 Å². The van der Waals surface area contributed by atoms with Gasteiger partial charge in [0.05, 0.1) is 43.3 Å². The average molecular weight is 1050 g/mol. The lowest BCUT2D eigenvalue weighted by Gasteiger charge is -2.67. The third kappa shape index (κ3) is 10.6. The Morgan fingerprint density at radius 2 is 1.46 bits per heavy atom. The summed E-state index contributed by atoms with van der Waals surface area (Å²) in [6.07, 6.45) is -12.4. The minimum absolute atomic E-state index is 0.00157. The number of aliphatic hydroxyl groups is 1. The molecule has 1 aliphatic heterocycles. The largest absolute Gasteiger partial charge is 0.572 e. The van der Waals surface area contributed by atoms with Gasteiger partial charge in [-0.2, -0.15) is 14.3 Å². The fraction of sp³-hybridized carbons (Fsp3) is 0.481. The van der Waals surface area contributed by atoms with Crippen molar-refractivity contribution in [2.45, 2.75) is 115 Å². The molecule has 0 spiro atoms. The molecule has 4 aliphatic rings. The van der Waals surface area contributed by atoms with Gasteiger partial charge in [-0.1, -0.05) is 80.6 Å². The monoisotopic (exact) mass is 1050 g/mol. The molecule has 3 aliphatic carbocycles. The van der Waals surface area contributed by atoms with E-state index in [4.69, 9.17) is 42.4 Å². The molecule has 11 atom stereocenters. The molecule has 3 fully saturated rings. The Kier molecular flexibility index (Phi) is 16.5. The van der Waals surface area contributed by atoms with Crippen molar-refractivity contribution in [1.82, 2.24) is 5.32 Å². The molecule has 1 saturated heterocycles. The highest BCUT2D eigenvalue weighted by Crippen LogP contribution is 2.65. The smallest absolute Gasteiger partial charge is 0.455 e. The highest BCUT2D eigenvalue weighted by Gasteiger charge is 2.79. The molecular weight excluding hydrogens is 990 g/mol. The minimum atomic E-state index is -4.45. The number of benzene rings is 3. The SMILES string of the molecule is CCOC(=O)O[C@@H](C(=O)O[C@H]1C[C@@]2(O)[C@@H](OC(=O)c3ccccc3)[C@@H]3[C@]4(OC(C)=O)CO[C@@H]4C[C@H](OCO[P+](O)(O)OC)[C@@]3(C)C(=O)[C@H](OC(C)=O)C(=C1C)C2(C)C)[C@@H](NC(=O)c1ccccc1)c1ccccc1. The summed E-state index contributed by atoms with van der Waals surface area (Å²) in [7, 11) is -3.47. The lowest BCUT2D eigenvalue weighted by Crippen LogP contribution is -2.82. The molecule has 2 bridgehead atoms. The van der Waals surface area contributed by atoms with Crippen LogP contribution in [0.15, 0.2) is 102 Å². The number of nitrogens with one attached hydrogen (secondary N) is 1. The van der Waals surface area contributed by atoms with Crippen molar-refractivity contribution in [1.29, 1.82) is 0 Å². The lowest BCUT2D eigenvalue weighted by atomic mass is 9.44. The molecule has 398 valence electrons. The van der Waals surface area contributed by atoms with E-state index in [9.17, 15) is 38.9 Å².